The molecule has 0 radical (unpaired) electrons. The first-order chi connectivity index (χ1) is 17.6. The molecule has 37 heavy (non-hydrogen) atoms. The van der Waals surface area contributed by atoms with Gasteiger partial charge < -0.3 is 30.6 Å². The van der Waals surface area contributed by atoms with Gasteiger partial charge in [0.15, 0.2) is 0 Å². The number of carbonyl (C=O) groups excluding carboxylic acids is 2. The molecule has 12 nitrogen and oxygen atoms in total. The summed E-state index contributed by atoms with van der Waals surface area (Å²) in [5.41, 5.74) is -0.306. The second-order valence-corrected chi connectivity index (χ2v) is 8.70. The molecule has 0 saturated carbocycles. The summed E-state index contributed by atoms with van der Waals surface area (Å²) in [5, 5.41) is 49.7. The molecule has 0 aliphatic heterocycles. The maximum atomic E-state index is 9.90. The fraction of sp³-hybridized carbons (Fsp3) is 0.840. The number of nitrogens with zero attached hydrogens (tertiary/aromatic N) is 2. The summed E-state index contributed by atoms with van der Waals surface area (Å²) in [5.74, 6) is -1.74. The van der Waals surface area contributed by atoms with Gasteiger partial charge >= 0.3 is 11.9 Å². The fourth-order valence-corrected chi connectivity index (χ4v) is 2.01. The minimum Gasteiger partial charge on any atom is -0.481 e. The molecule has 0 bridgehead atoms. The minimum absolute atomic E-state index is 0.0451. The van der Waals surface area contributed by atoms with Gasteiger partial charge in [-0.1, -0.05) is 39.5 Å². The number of carbonyl (C=O) groups is 2. The van der Waals surface area contributed by atoms with E-state index in [0.29, 0.717) is 25.9 Å². The molecule has 0 amide bonds. The van der Waals surface area contributed by atoms with Crippen LogP contribution in [-0.2, 0) is 19.2 Å². The molecule has 0 aliphatic carbocycles. The van der Waals surface area contributed by atoms with Crippen LogP contribution in [0.1, 0.15) is 90.9 Å². The predicted molar refractivity (Wildman–Crippen MR) is 139 cm³/mol. The molecule has 0 aromatic heterocycles. The lowest BCUT2D eigenvalue weighted by Crippen LogP contribution is -2.20. The third kappa shape index (κ3) is 55.4. The molecule has 0 aliphatic rings. The average Bonchev–Trinajstić information content (AvgIpc) is 2.87. The Hall–Kier alpha value is -2.46. The van der Waals surface area contributed by atoms with Crippen LogP contribution < -0.4 is 0 Å². The summed E-state index contributed by atoms with van der Waals surface area (Å²) in [4.78, 5) is 45.9. The quantitative estimate of drug-likeness (QED) is 0.0805. The van der Waals surface area contributed by atoms with Gasteiger partial charge in [-0.05, 0) is 38.5 Å². The number of rotatable bonds is 19. The van der Waals surface area contributed by atoms with Gasteiger partial charge in [0, 0.05) is 31.5 Å². The van der Waals surface area contributed by atoms with Crippen LogP contribution in [0.3, 0.4) is 0 Å². The van der Waals surface area contributed by atoms with Gasteiger partial charge in [-0.15, -0.1) is 0 Å². The van der Waals surface area contributed by atoms with Gasteiger partial charge in [0.05, 0.1) is 26.3 Å². The van der Waals surface area contributed by atoms with E-state index in [1.807, 2.05) is 0 Å². The van der Waals surface area contributed by atoms with E-state index in [4.69, 9.17) is 30.6 Å². The molecule has 12 heteroatoms. The summed E-state index contributed by atoms with van der Waals surface area (Å²) in [7, 11) is 0. The van der Waals surface area contributed by atoms with Crippen LogP contribution in [0.2, 0.25) is 0 Å². The van der Waals surface area contributed by atoms with Crippen molar-refractivity contribution in [3.63, 3.8) is 0 Å². The normalized spacial score (nSPS) is 9.57. The van der Waals surface area contributed by atoms with Crippen molar-refractivity contribution in [3.8, 4) is 0 Å². The third-order valence-corrected chi connectivity index (χ3v) is 4.37. The lowest BCUT2D eigenvalue weighted by molar-refractivity contribution is -0.139. The van der Waals surface area contributed by atoms with Crippen LogP contribution in [0, 0.1) is 5.41 Å². The Morgan fingerprint density at radius 2 is 0.919 bits per heavy atom. The van der Waals surface area contributed by atoms with Gasteiger partial charge in [0.25, 0.3) is 0 Å². The molecule has 0 unspecified atom stereocenters. The zero-order valence-electron chi connectivity index (χ0n) is 22.4. The molecular formula is C25H48N2O10. The first kappa shape index (κ1) is 41.7. The Morgan fingerprint density at radius 1 is 0.595 bits per heavy atom. The van der Waals surface area contributed by atoms with Crippen LogP contribution in [-0.4, -0.2) is 94.3 Å². The van der Waals surface area contributed by atoms with Crippen molar-refractivity contribution >= 4 is 24.1 Å². The lowest BCUT2D eigenvalue weighted by Gasteiger charge is -2.16. The Kier molecular flexibility index (Phi) is 40.2. The van der Waals surface area contributed by atoms with E-state index >= 15 is 0 Å². The zero-order valence-corrected chi connectivity index (χ0v) is 22.4. The number of hydrogen-bond acceptors (Lipinski definition) is 10. The molecule has 0 spiro atoms. The number of isocyanates is 2. The van der Waals surface area contributed by atoms with Crippen molar-refractivity contribution in [3.05, 3.63) is 0 Å². The molecule has 218 valence electrons. The van der Waals surface area contributed by atoms with Crippen molar-refractivity contribution in [2.24, 2.45) is 15.4 Å². The van der Waals surface area contributed by atoms with Gasteiger partial charge in [-0.2, -0.15) is 0 Å². The number of aliphatic carboxylic acids is 2. The predicted octanol–water partition coefficient (Wildman–Crippen LogP) is 2.46. The highest BCUT2D eigenvalue weighted by molar-refractivity contribution is 5.67. The third-order valence-electron chi connectivity index (χ3n) is 4.37. The molecule has 0 aromatic rings. The molecule has 0 rings (SSSR count). The van der Waals surface area contributed by atoms with Gasteiger partial charge in [-0.3, -0.25) is 9.59 Å². The SMILES string of the molecule is CC(C)(CO)CO.O=C(O)CCCCC(=O)O.O=C=NCCCCCCN=C=O.OCCCCCCO. The second kappa shape index (κ2) is 35.7. The van der Waals surface area contributed by atoms with E-state index in [1.165, 1.54) is 12.2 Å². The number of aliphatic hydroxyl groups excluding tert-OH is 4. The second-order valence-electron chi connectivity index (χ2n) is 8.70. The largest absolute Gasteiger partial charge is 0.481 e. The lowest BCUT2D eigenvalue weighted by atomic mass is 9.97. The van der Waals surface area contributed by atoms with Crippen molar-refractivity contribution in [2.45, 2.75) is 90.9 Å². The number of carboxylic acids is 2. The highest BCUT2D eigenvalue weighted by Crippen LogP contribution is 2.10. The van der Waals surface area contributed by atoms with E-state index in [0.717, 1.165) is 51.4 Å². The van der Waals surface area contributed by atoms with Crippen molar-refractivity contribution in [1.82, 2.24) is 0 Å². The summed E-state index contributed by atoms with van der Waals surface area (Å²) in [6.07, 6.45) is 11.6. The Bertz CT molecular complexity index is 552. The average molecular weight is 537 g/mol. The molecule has 0 fully saturated rings. The monoisotopic (exact) mass is 536 g/mol. The molecular weight excluding hydrogens is 488 g/mol. The molecule has 0 heterocycles. The maximum Gasteiger partial charge on any atom is 0.303 e. The molecule has 6 N–H and O–H groups in total. The Balaban J connectivity index is -0.000000200. The first-order valence-electron chi connectivity index (χ1n) is 12.5. The molecule has 0 atom stereocenters. The highest BCUT2D eigenvalue weighted by Gasteiger charge is 2.13. The molecule has 0 aromatic carbocycles. The Labute approximate surface area is 220 Å². The van der Waals surface area contributed by atoms with Crippen LogP contribution in [0.4, 0.5) is 0 Å². The summed E-state index contributed by atoms with van der Waals surface area (Å²) in [6.45, 7) is 5.37. The van der Waals surface area contributed by atoms with Crippen LogP contribution in [0.5, 0.6) is 0 Å². The number of unbranched alkanes of at least 4 members (excludes halogenated alkanes) is 7. The number of aliphatic imine (C=N–C) groups is 2. The van der Waals surface area contributed by atoms with E-state index in [1.54, 1.807) is 13.8 Å². The van der Waals surface area contributed by atoms with E-state index in [2.05, 4.69) is 9.98 Å². The van der Waals surface area contributed by atoms with Crippen molar-refractivity contribution in [1.29, 1.82) is 0 Å². The smallest absolute Gasteiger partial charge is 0.303 e. The highest BCUT2D eigenvalue weighted by atomic mass is 16.4. The maximum absolute atomic E-state index is 9.90. The van der Waals surface area contributed by atoms with Crippen molar-refractivity contribution in [2.75, 3.05) is 39.5 Å². The van der Waals surface area contributed by atoms with Crippen molar-refractivity contribution < 1.29 is 49.8 Å². The minimum atomic E-state index is -0.870. The zero-order chi connectivity index (χ0) is 29.2. The first-order valence-corrected chi connectivity index (χ1v) is 12.5. The van der Waals surface area contributed by atoms with Crippen LogP contribution in [0.15, 0.2) is 9.98 Å². The number of hydrogen-bond donors (Lipinski definition) is 6. The van der Waals surface area contributed by atoms with Crippen LogP contribution in [0.25, 0.3) is 0 Å². The van der Waals surface area contributed by atoms with Gasteiger partial charge in [0.2, 0.25) is 12.2 Å². The molecule has 0 saturated heterocycles. The topological polar surface area (TPSA) is 214 Å². The van der Waals surface area contributed by atoms with E-state index in [-0.39, 0.29) is 44.7 Å². The standard InChI is InChI=1S/C8H12N2O2.C6H10O4.C6H14O2.C5H12O2/c11-7-9-5-3-1-2-4-6-10-8-12;7-5(8)3-1-2-4-6(9)10;7-5-3-1-2-4-6-8;1-5(2,3-6)4-7/h1-6H2;1-4H2,(H,7,8)(H,9,10);7-8H,1-6H2;6-7H,3-4H2,1-2H3. The van der Waals surface area contributed by atoms with Gasteiger partial charge in [-0.25, -0.2) is 19.6 Å². The summed E-state index contributed by atoms with van der Waals surface area (Å²) >= 11 is 0. The Morgan fingerprint density at radius 3 is 1.14 bits per heavy atom. The fourth-order valence-electron chi connectivity index (χ4n) is 2.01. The summed E-state index contributed by atoms with van der Waals surface area (Å²) < 4.78 is 0. The van der Waals surface area contributed by atoms with Gasteiger partial charge in [0.1, 0.15) is 0 Å². The van der Waals surface area contributed by atoms with Crippen LogP contribution >= 0.6 is 0 Å². The number of aliphatic hydroxyl groups is 4. The van der Waals surface area contributed by atoms with E-state index in [9.17, 15) is 19.2 Å². The summed E-state index contributed by atoms with van der Waals surface area (Å²) in [6, 6.07) is 0. The number of carboxylic acid groups (broad SMARTS) is 2. The van der Waals surface area contributed by atoms with E-state index < -0.39 is 11.9 Å².